The normalized spacial score (nSPS) is 15.3. The lowest BCUT2D eigenvalue weighted by molar-refractivity contribution is -0.121. The number of benzene rings is 1. The molecule has 1 aliphatic rings. The number of hydrogen-bond donors (Lipinski definition) is 3. The SMILES string of the molecule is CCC(N)CC(=O)NCc1ccc(NC(=O)C2CC2)cc1. The Kier molecular flexibility index (Phi) is 5.33. The van der Waals surface area contributed by atoms with E-state index in [0.29, 0.717) is 13.0 Å². The zero-order valence-electron chi connectivity index (χ0n) is 12.4. The number of carbonyl (C=O) groups is 2. The molecule has 5 heteroatoms. The van der Waals surface area contributed by atoms with E-state index in [9.17, 15) is 9.59 Å². The molecule has 0 spiro atoms. The smallest absolute Gasteiger partial charge is 0.227 e. The zero-order chi connectivity index (χ0) is 15.2. The number of carbonyl (C=O) groups excluding carboxylic acids is 2. The molecule has 0 aliphatic heterocycles. The maximum atomic E-state index is 11.6. The van der Waals surface area contributed by atoms with Gasteiger partial charge in [-0.25, -0.2) is 0 Å². The quantitative estimate of drug-likeness (QED) is 0.715. The van der Waals surface area contributed by atoms with Crippen molar-refractivity contribution in [1.29, 1.82) is 0 Å². The highest BCUT2D eigenvalue weighted by molar-refractivity contribution is 5.94. The Hall–Kier alpha value is -1.88. The van der Waals surface area contributed by atoms with E-state index in [1.54, 1.807) is 0 Å². The molecule has 1 aromatic carbocycles. The van der Waals surface area contributed by atoms with Gasteiger partial charge in [0.05, 0.1) is 0 Å². The molecule has 2 amide bonds. The van der Waals surface area contributed by atoms with Gasteiger partial charge < -0.3 is 16.4 Å². The summed E-state index contributed by atoms with van der Waals surface area (Å²) in [6.45, 7) is 2.44. The van der Waals surface area contributed by atoms with Crippen molar-refractivity contribution in [2.24, 2.45) is 11.7 Å². The van der Waals surface area contributed by atoms with Crippen molar-refractivity contribution in [3.63, 3.8) is 0 Å². The van der Waals surface area contributed by atoms with E-state index in [-0.39, 0.29) is 23.8 Å². The fraction of sp³-hybridized carbons (Fsp3) is 0.500. The summed E-state index contributed by atoms with van der Waals surface area (Å²) in [5, 5.41) is 5.73. The summed E-state index contributed by atoms with van der Waals surface area (Å²) in [4.78, 5) is 23.3. The van der Waals surface area contributed by atoms with Crippen molar-refractivity contribution >= 4 is 17.5 Å². The largest absolute Gasteiger partial charge is 0.352 e. The van der Waals surface area contributed by atoms with Gasteiger partial charge in [0.2, 0.25) is 11.8 Å². The Labute approximate surface area is 125 Å². The second-order valence-corrected chi connectivity index (χ2v) is 5.61. The molecule has 1 fully saturated rings. The third-order valence-electron chi connectivity index (χ3n) is 3.63. The van der Waals surface area contributed by atoms with Crippen LogP contribution < -0.4 is 16.4 Å². The standard InChI is InChI=1S/C16H23N3O2/c1-2-13(17)9-15(20)18-10-11-3-7-14(8-4-11)19-16(21)12-5-6-12/h3-4,7-8,12-13H,2,5-6,9-10,17H2,1H3,(H,18,20)(H,19,21). The average molecular weight is 289 g/mol. The molecule has 5 nitrogen and oxygen atoms in total. The van der Waals surface area contributed by atoms with Gasteiger partial charge in [0.1, 0.15) is 0 Å². The topological polar surface area (TPSA) is 84.2 Å². The third-order valence-corrected chi connectivity index (χ3v) is 3.63. The lowest BCUT2D eigenvalue weighted by Crippen LogP contribution is -2.30. The average Bonchev–Trinajstić information content (AvgIpc) is 3.31. The fourth-order valence-corrected chi connectivity index (χ4v) is 1.95. The van der Waals surface area contributed by atoms with Crippen LogP contribution in [-0.4, -0.2) is 17.9 Å². The molecule has 0 radical (unpaired) electrons. The van der Waals surface area contributed by atoms with Crippen molar-refractivity contribution in [3.8, 4) is 0 Å². The molecule has 0 heterocycles. The van der Waals surface area contributed by atoms with Crippen LogP contribution in [0.1, 0.15) is 38.2 Å². The summed E-state index contributed by atoms with van der Waals surface area (Å²) < 4.78 is 0. The van der Waals surface area contributed by atoms with Gasteiger partial charge in [-0.3, -0.25) is 9.59 Å². The minimum atomic E-state index is -0.0787. The Morgan fingerprint density at radius 3 is 2.52 bits per heavy atom. The summed E-state index contributed by atoms with van der Waals surface area (Å²) in [5.74, 6) is 0.270. The van der Waals surface area contributed by atoms with Gasteiger partial charge in [-0.05, 0) is 37.0 Å². The second-order valence-electron chi connectivity index (χ2n) is 5.61. The summed E-state index contributed by atoms with van der Waals surface area (Å²) in [7, 11) is 0. The first-order valence-electron chi connectivity index (χ1n) is 7.50. The van der Waals surface area contributed by atoms with Crippen molar-refractivity contribution < 1.29 is 9.59 Å². The number of anilines is 1. The van der Waals surface area contributed by atoms with Crippen molar-refractivity contribution in [3.05, 3.63) is 29.8 Å². The molecular formula is C16H23N3O2. The number of hydrogen-bond acceptors (Lipinski definition) is 3. The third kappa shape index (κ3) is 5.19. The lowest BCUT2D eigenvalue weighted by atomic mass is 10.1. The van der Waals surface area contributed by atoms with Crippen molar-refractivity contribution in [2.45, 2.75) is 45.2 Å². The van der Waals surface area contributed by atoms with Gasteiger partial charge in [0, 0.05) is 30.6 Å². The van der Waals surface area contributed by atoms with Gasteiger partial charge in [-0.2, -0.15) is 0 Å². The monoisotopic (exact) mass is 289 g/mol. The molecular weight excluding hydrogens is 266 g/mol. The number of amides is 2. The molecule has 1 unspecified atom stereocenters. The predicted octanol–water partition coefficient (Wildman–Crippen LogP) is 1.78. The molecule has 0 bridgehead atoms. The molecule has 1 atom stereocenters. The van der Waals surface area contributed by atoms with Gasteiger partial charge in [-0.15, -0.1) is 0 Å². The van der Waals surface area contributed by atoms with Gasteiger partial charge in [0.25, 0.3) is 0 Å². The molecule has 2 rings (SSSR count). The van der Waals surface area contributed by atoms with Crippen LogP contribution in [0.4, 0.5) is 5.69 Å². The molecule has 21 heavy (non-hydrogen) atoms. The van der Waals surface area contributed by atoms with Gasteiger partial charge in [-0.1, -0.05) is 19.1 Å². The second kappa shape index (κ2) is 7.22. The van der Waals surface area contributed by atoms with Crippen molar-refractivity contribution in [1.82, 2.24) is 5.32 Å². The van der Waals surface area contributed by atoms with Gasteiger partial charge >= 0.3 is 0 Å². The highest BCUT2D eigenvalue weighted by Gasteiger charge is 2.29. The first-order valence-corrected chi connectivity index (χ1v) is 7.50. The Bertz CT molecular complexity index is 495. The van der Waals surface area contributed by atoms with E-state index in [2.05, 4.69) is 10.6 Å². The maximum Gasteiger partial charge on any atom is 0.227 e. The molecule has 1 saturated carbocycles. The Morgan fingerprint density at radius 2 is 1.95 bits per heavy atom. The van der Waals surface area contributed by atoms with Crippen LogP contribution in [0.5, 0.6) is 0 Å². The van der Waals surface area contributed by atoms with E-state index in [1.807, 2.05) is 31.2 Å². The molecule has 114 valence electrons. The first kappa shape index (κ1) is 15.5. The maximum absolute atomic E-state index is 11.6. The Balaban J connectivity index is 1.76. The first-order chi connectivity index (χ1) is 10.1. The molecule has 0 aromatic heterocycles. The molecule has 1 aliphatic carbocycles. The summed E-state index contributed by atoms with van der Waals surface area (Å²) in [6, 6.07) is 7.45. The molecule has 1 aromatic rings. The van der Waals surface area contributed by atoms with Crippen LogP contribution in [0.2, 0.25) is 0 Å². The van der Waals surface area contributed by atoms with E-state index in [4.69, 9.17) is 5.73 Å². The highest BCUT2D eigenvalue weighted by atomic mass is 16.2. The number of rotatable bonds is 7. The van der Waals surface area contributed by atoms with Crippen LogP contribution in [0.25, 0.3) is 0 Å². The van der Waals surface area contributed by atoms with Crippen LogP contribution >= 0.6 is 0 Å². The number of nitrogens with one attached hydrogen (secondary N) is 2. The zero-order valence-corrected chi connectivity index (χ0v) is 12.4. The summed E-state index contributed by atoms with van der Waals surface area (Å²) in [6.07, 6.45) is 3.14. The fourth-order valence-electron chi connectivity index (χ4n) is 1.95. The molecule has 4 N–H and O–H groups in total. The van der Waals surface area contributed by atoms with Crippen LogP contribution in [0.3, 0.4) is 0 Å². The summed E-state index contributed by atoms with van der Waals surface area (Å²) >= 11 is 0. The van der Waals surface area contributed by atoms with E-state index in [1.165, 1.54) is 0 Å². The minimum Gasteiger partial charge on any atom is -0.352 e. The van der Waals surface area contributed by atoms with E-state index >= 15 is 0 Å². The minimum absolute atomic E-state index is 0.0320. The van der Waals surface area contributed by atoms with Crippen LogP contribution in [0, 0.1) is 5.92 Å². The van der Waals surface area contributed by atoms with Crippen molar-refractivity contribution in [2.75, 3.05) is 5.32 Å². The summed E-state index contributed by atoms with van der Waals surface area (Å²) in [5.41, 5.74) is 7.54. The van der Waals surface area contributed by atoms with Gasteiger partial charge in [0.15, 0.2) is 0 Å². The van der Waals surface area contributed by atoms with E-state index < -0.39 is 0 Å². The van der Waals surface area contributed by atoms with E-state index in [0.717, 1.165) is 30.5 Å². The highest BCUT2D eigenvalue weighted by Crippen LogP contribution is 2.30. The molecule has 0 saturated heterocycles. The van der Waals surface area contributed by atoms with Crippen LogP contribution in [0.15, 0.2) is 24.3 Å². The Morgan fingerprint density at radius 1 is 1.29 bits per heavy atom. The number of nitrogens with two attached hydrogens (primary N) is 1. The lowest BCUT2D eigenvalue weighted by Gasteiger charge is -2.10. The van der Waals surface area contributed by atoms with Crippen LogP contribution in [-0.2, 0) is 16.1 Å². The predicted molar refractivity (Wildman–Crippen MR) is 82.5 cm³/mol.